The molecule has 11 rings (SSSR count). The summed E-state index contributed by atoms with van der Waals surface area (Å²) in [6.45, 7) is 2.28. The minimum Gasteiger partial charge on any atom is -0.376 e. The van der Waals surface area contributed by atoms with Crippen LogP contribution < -0.4 is 20.6 Å². The maximum Gasteiger partial charge on any atom is 0.333 e. The van der Waals surface area contributed by atoms with Crippen LogP contribution in [0.1, 0.15) is 5.56 Å². The second-order valence-corrected chi connectivity index (χ2v) is 13.4. The molecule has 0 aliphatic carbocycles. The average Bonchev–Trinajstić information content (AvgIpc) is 3.15. The lowest BCUT2D eigenvalue weighted by molar-refractivity contribution is 1.27. The van der Waals surface area contributed by atoms with Crippen molar-refractivity contribution in [1.82, 2.24) is 0 Å². The van der Waals surface area contributed by atoms with Crippen LogP contribution in [0.25, 0.3) is 54.9 Å². The largest absolute Gasteiger partial charge is 0.376 e. The van der Waals surface area contributed by atoms with E-state index in [-0.39, 0.29) is 6.85 Å². The molecule has 0 bridgehead atoms. The maximum atomic E-state index is 2.63. The third-order valence-electron chi connectivity index (χ3n) is 10.8. The Morgan fingerprint density at radius 1 is 0.396 bits per heavy atom. The monoisotopic (exact) mass is 608 g/mol. The molecule has 0 N–H and O–H groups in total. The van der Waals surface area contributed by atoms with Crippen LogP contribution in [0.4, 0.5) is 28.4 Å². The van der Waals surface area contributed by atoms with E-state index in [4.69, 9.17) is 0 Å². The highest BCUT2D eigenvalue weighted by Gasteiger charge is 2.48. The standard InChI is InChI=1S/C45H29BN2/c1-28-20-24-40-37(26-28)35-15-8-18-42-44(35)46-45-36(38-27-31(22-25-41(38)48(40)46)29-10-3-2-4-11-29)16-9-19-43(45)47(42)39-17-7-14-33-32-13-6-5-12-30(32)21-23-34(33)39/h2-27H,1H3. The minimum absolute atomic E-state index is 0.0692. The molecule has 48 heavy (non-hydrogen) atoms. The first-order valence-corrected chi connectivity index (χ1v) is 16.8. The van der Waals surface area contributed by atoms with E-state index < -0.39 is 0 Å². The lowest BCUT2D eigenvalue weighted by atomic mass is 9.41. The fourth-order valence-electron chi connectivity index (χ4n) is 8.81. The van der Waals surface area contributed by atoms with Gasteiger partial charge in [-0.05, 0) is 98.7 Å². The Morgan fingerprint density at radius 3 is 1.83 bits per heavy atom. The van der Waals surface area contributed by atoms with Crippen molar-refractivity contribution in [3.05, 3.63) is 163 Å². The molecule has 3 heteroatoms. The van der Waals surface area contributed by atoms with Crippen LogP contribution >= 0.6 is 0 Å². The number of aryl methyl sites for hydroxylation is 1. The van der Waals surface area contributed by atoms with Crippen molar-refractivity contribution in [2.75, 3.05) is 9.71 Å². The molecular formula is C45H29BN2. The molecule has 0 saturated carbocycles. The van der Waals surface area contributed by atoms with Gasteiger partial charge >= 0.3 is 6.85 Å². The van der Waals surface area contributed by atoms with Gasteiger partial charge in [-0.2, -0.15) is 0 Å². The van der Waals surface area contributed by atoms with Gasteiger partial charge in [0.05, 0.1) is 5.69 Å². The molecule has 8 aromatic rings. The summed E-state index contributed by atoms with van der Waals surface area (Å²) in [5.41, 5.74) is 18.0. The highest BCUT2D eigenvalue weighted by atomic mass is 15.2. The predicted octanol–water partition coefficient (Wildman–Crippen LogP) is 10.7. The van der Waals surface area contributed by atoms with E-state index in [0.29, 0.717) is 0 Å². The smallest absolute Gasteiger partial charge is 0.333 e. The van der Waals surface area contributed by atoms with Gasteiger partial charge in [0.2, 0.25) is 0 Å². The highest BCUT2D eigenvalue weighted by molar-refractivity contribution is 6.95. The zero-order valence-electron chi connectivity index (χ0n) is 26.5. The van der Waals surface area contributed by atoms with Gasteiger partial charge in [0.25, 0.3) is 0 Å². The quantitative estimate of drug-likeness (QED) is 0.142. The first kappa shape index (κ1) is 26.1. The van der Waals surface area contributed by atoms with Crippen molar-refractivity contribution in [3.8, 4) is 33.4 Å². The molecule has 3 aliphatic rings. The average molecular weight is 609 g/mol. The molecule has 0 fully saturated rings. The Labute approximate surface area is 280 Å². The van der Waals surface area contributed by atoms with Gasteiger partial charge < -0.3 is 9.71 Å². The van der Waals surface area contributed by atoms with Crippen LogP contribution in [0, 0.1) is 6.92 Å². The summed E-state index contributed by atoms with van der Waals surface area (Å²) in [7, 11) is 0. The maximum absolute atomic E-state index is 2.63. The SMILES string of the molecule is Cc1ccc2c(c1)-c1cccc3c1B1c4c(cccc4N3c3cccc4c3ccc3ccccc34)-c3cc(-c4ccccc4)ccc3N12. The number of benzene rings is 8. The summed E-state index contributed by atoms with van der Waals surface area (Å²) in [6, 6.07) is 58.8. The van der Waals surface area contributed by atoms with E-state index in [1.807, 2.05) is 0 Å². The van der Waals surface area contributed by atoms with Crippen molar-refractivity contribution >= 4 is 67.8 Å². The van der Waals surface area contributed by atoms with Crippen molar-refractivity contribution in [2.24, 2.45) is 0 Å². The Balaban J connectivity index is 1.26. The molecule has 0 unspecified atom stereocenters. The molecular weight excluding hydrogens is 579 g/mol. The first-order chi connectivity index (χ1) is 23.7. The van der Waals surface area contributed by atoms with Gasteiger partial charge in [0.1, 0.15) is 0 Å². The van der Waals surface area contributed by atoms with E-state index in [0.717, 1.165) is 0 Å². The second-order valence-electron chi connectivity index (χ2n) is 13.4. The molecule has 0 aromatic heterocycles. The molecule has 0 saturated heterocycles. The molecule has 2 nitrogen and oxygen atoms in total. The normalized spacial score (nSPS) is 13.4. The molecule has 3 aliphatic heterocycles. The van der Waals surface area contributed by atoms with E-state index in [9.17, 15) is 0 Å². The number of hydrogen-bond acceptors (Lipinski definition) is 2. The number of hydrogen-bond donors (Lipinski definition) is 0. The van der Waals surface area contributed by atoms with Gasteiger partial charge in [-0.15, -0.1) is 0 Å². The summed E-state index contributed by atoms with van der Waals surface area (Å²) >= 11 is 0. The fraction of sp³-hybridized carbons (Fsp3) is 0.0222. The Bertz CT molecular complexity index is 2660. The highest BCUT2D eigenvalue weighted by Crippen LogP contribution is 2.52. The summed E-state index contributed by atoms with van der Waals surface area (Å²) in [5.74, 6) is 0. The van der Waals surface area contributed by atoms with Crippen LogP contribution in [-0.2, 0) is 0 Å². The molecule has 3 heterocycles. The van der Waals surface area contributed by atoms with Crippen molar-refractivity contribution in [3.63, 3.8) is 0 Å². The molecule has 0 atom stereocenters. The zero-order chi connectivity index (χ0) is 31.5. The van der Waals surface area contributed by atoms with Crippen LogP contribution in [0.3, 0.4) is 0 Å². The number of nitrogens with zero attached hydrogens (tertiary/aromatic N) is 2. The number of rotatable bonds is 2. The van der Waals surface area contributed by atoms with Crippen LogP contribution in [0.15, 0.2) is 158 Å². The summed E-state index contributed by atoms with van der Waals surface area (Å²) in [6.07, 6.45) is 0. The van der Waals surface area contributed by atoms with E-state index >= 15 is 0 Å². The summed E-state index contributed by atoms with van der Waals surface area (Å²) in [4.78, 5) is 5.18. The Kier molecular flexibility index (Phi) is 5.16. The van der Waals surface area contributed by atoms with Crippen molar-refractivity contribution < 1.29 is 0 Å². The van der Waals surface area contributed by atoms with Gasteiger partial charge in [-0.25, -0.2) is 0 Å². The van der Waals surface area contributed by atoms with Crippen LogP contribution in [0.5, 0.6) is 0 Å². The third-order valence-corrected chi connectivity index (χ3v) is 10.8. The number of fused-ring (bicyclic) bond motifs is 9. The lowest BCUT2D eigenvalue weighted by Gasteiger charge is -2.49. The zero-order valence-corrected chi connectivity index (χ0v) is 26.5. The van der Waals surface area contributed by atoms with Crippen molar-refractivity contribution in [2.45, 2.75) is 6.92 Å². The van der Waals surface area contributed by atoms with Gasteiger partial charge in [0.15, 0.2) is 0 Å². The Hall–Kier alpha value is -6.06. The lowest BCUT2D eigenvalue weighted by Crippen LogP contribution is -2.63. The molecule has 0 radical (unpaired) electrons. The van der Waals surface area contributed by atoms with Gasteiger partial charge in [-0.1, -0.05) is 121 Å². The van der Waals surface area contributed by atoms with Crippen LogP contribution in [-0.4, -0.2) is 6.85 Å². The number of anilines is 5. The molecule has 0 amide bonds. The summed E-state index contributed by atoms with van der Waals surface area (Å²) < 4.78 is 0. The molecule has 222 valence electrons. The van der Waals surface area contributed by atoms with E-state index in [2.05, 4.69) is 174 Å². The predicted molar refractivity (Wildman–Crippen MR) is 204 cm³/mol. The summed E-state index contributed by atoms with van der Waals surface area (Å²) in [5, 5.41) is 5.09. The van der Waals surface area contributed by atoms with E-state index in [1.54, 1.807) is 0 Å². The third kappa shape index (κ3) is 3.38. The van der Waals surface area contributed by atoms with E-state index in [1.165, 1.54) is 99.9 Å². The molecule has 8 aromatic carbocycles. The fourth-order valence-corrected chi connectivity index (χ4v) is 8.81. The first-order valence-electron chi connectivity index (χ1n) is 16.8. The van der Waals surface area contributed by atoms with Crippen molar-refractivity contribution in [1.29, 1.82) is 0 Å². The van der Waals surface area contributed by atoms with Gasteiger partial charge in [-0.3, -0.25) is 0 Å². The topological polar surface area (TPSA) is 6.48 Å². The Morgan fingerprint density at radius 2 is 1.04 bits per heavy atom. The second kappa shape index (κ2) is 9.50. The van der Waals surface area contributed by atoms with Gasteiger partial charge in [0, 0.05) is 39.3 Å². The van der Waals surface area contributed by atoms with Crippen LogP contribution in [0.2, 0.25) is 0 Å². The molecule has 0 spiro atoms. The minimum atomic E-state index is 0.0692.